The Balaban J connectivity index is 1.49. The number of thiazole rings is 1. The summed E-state index contributed by atoms with van der Waals surface area (Å²) in [5.41, 5.74) is 2.21. The number of rotatable bonds is 4. The minimum absolute atomic E-state index is 0.146. The van der Waals surface area contributed by atoms with Crippen molar-refractivity contribution in [2.75, 3.05) is 12.4 Å². The molecule has 9 nitrogen and oxygen atoms in total. The Bertz CT molecular complexity index is 1560. The van der Waals surface area contributed by atoms with E-state index in [4.69, 9.17) is 16.3 Å². The third-order valence-corrected chi connectivity index (χ3v) is 6.16. The Labute approximate surface area is 202 Å². The maximum Gasteiger partial charge on any atom is 0.284 e. The van der Waals surface area contributed by atoms with Gasteiger partial charge in [-0.1, -0.05) is 28.9 Å². The number of amides is 1. The number of carbonyl (C=O) groups excluding carboxylic acids is 1. The van der Waals surface area contributed by atoms with Crippen molar-refractivity contribution < 1.29 is 9.53 Å². The van der Waals surface area contributed by atoms with Gasteiger partial charge in [-0.05, 0) is 37.8 Å². The van der Waals surface area contributed by atoms with E-state index >= 15 is 0 Å². The molecule has 4 heterocycles. The van der Waals surface area contributed by atoms with Crippen LogP contribution in [0.5, 0.6) is 5.75 Å². The lowest BCUT2D eigenvalue weighted by Crippen LogP contribution is -2.14. The maximum atomic E-state index is 13.2. The van der Waals surface area contributed by atoms with Crippen LogP contribution in [-0.2, 0) is 0 Å². The molecule has 0 saturated heterocycles. The van der Waals surface area contributed by atoms with E-state index < -0.39 is 11.5 Å². The number of aromatic nitrogens is 5. The molecule has 0 unspecified atom stereocenters. The van der Waals surface area contributed by atoms with Gasteiger partial charge in [0.25, 0.3) is 11.5 Å². The number of fused-ring (bicyclic) bond motifs is 1. The molecule has 1 saturated carbocycles. The number of methoxy groups -OCH3 is 1. The van der Waals surface area contributed by atoms with Crippen LogP contribution < -0.4 is 15.6 Å². The number of aryl methyl sites for hydroxylation is 1. The molecule has 0 aliphatic heterocycles. The van der Waals surface area contributed by atoms with Gasteiger partial charge in [0.1, 0.15) is 10.9 Å². The summed E-state index contributed by atoms with van der Waals surface area (Å²) in [7, 11) is 1.51. The van der Waals surface area contributed by atoms with Crippen LogP contribution in [-0.4, -0.2) is 37.9 Å². The van der Waals surface area contributed by atoms with Gasteiger partial charge in [0.05, 0.1) is 18.9 Å². The average molecular weight is 493 g/mol. The monoisotopic (exact) mass is 492 g/mol. The van der Waals surface area contributed by atoms with Crippen LogP contribution in [0.4, 0.5) is 5.13 Å². The third-order valence-electron chi connectivity index (χ3n) is 5.09. The fraction of sp³-hybridized carbons (Fsp3) is 0.217. The molecule has 1 aliphatic carbocycles. The van der Waals surface area contributed by atoms with Crippen molar-refractivity contribution in [2.45, 2.75) is 19.8 Å². The number of halogens is 1. The van der Waals surface area contributed by atoms with E-state index in [1.54, 1.807) is 12.1 Å². The quantitative estimate of drug-likeness (QED) is 0.328. The first-order chi connectivity index (χ1) is 16.4. The van der Waals surface area contributed by atoms with Crippen LogP contribution in [0, 0.1) is 24.7 Å². The molecule has 5 rings (SSSR count). The number of hydrogen-bond acceptors (Lipinski definition) is 8. The van der Waals surface area contributed by atoms with Gasteiger partial charge >= 0.3 is 0 Å². The molecule has 4 aromatic rings. The van der Waals surface area contributed by atoms with Gasteiger partial charge in [0.2, 0.25) is 0 Å². The number of H-pyrrole nitrogens is 1. The van der Waals surface area contributed by atoms with Crippen molar-refractivity contribution in [3.05, 3.63) is 57.0 Å². The number of carbonyl (C=O) groups is 1. The molecule has 34 heavy (non-hydrogen) atoms. The van der Waals surface area contributed by atoms with Crippen LogP contribution >= 0.6 is 22.9 Å². The molecule has 11 heteroatoms. The van der Waals surface area contributed by atoms with E-state index in [1.807, 2.05) is 6.92 Å². The van der Waals surface area contributed by atoms with E-state index in [0.29, 0.717) is 38.9 Å². The van der Waals surface area contributed by atoms with Crippen molar-refractivity contribution in [2.24, 2.45) is 5.92 Å². The van der Waals surface area contributed by atoms with Crippen molar-refractivity contribution in [1.29, 1.82) is 0 Å². The fourth-order valence-electron chi connectivity index (χ4n) is 3.24. The van der Waals surface area contributed by atoms with Crippen LogP contribution in [0.2, 0.25) is 5.15 Å². The number of anilines is 1. The zero-order valence-corrected chi connectivity index (χ0v) is 19.7. The fourth-order valence-corrected chi connectivity index (χ4v) is 4.20. The first-order valence-electron chi connectivity index (χ1n) is 10.3. The topological polar surface area (TPSA) is 123 Å². The van der Waals surface area contributed by atoms with Gasteiger partial charge in [-0.2, -0.15) is 4.98 Å². The second-order valence-electron chi connectivity index (χ2n) is 7.66. The van der Waals surface area contributed by atoms with Crippen LogP contribution in [0.25, 0.3) is 21.6 Å². The highest BCUT2D eigenvalue weighted by Gasteiger charge is 2.20. The zero-order valence-electron chi connectivity index (χ0n) is 18.1. The third kappa shape index (κ3) is 4.48. The van der Waals surface area contributed by atoms with E-state index in [-0.39, 0.29) is 21.6 Å². The molecule has 0 radical (unpaired) electrons. The summed E-state index contributed by atoms with van der Waals surface area (Å²) in [5.74, 6) is 6.24. The van der Waals surface area contributed by atoms with Crippen molar-refractivity contribution in [3.63, 3.8) is 0 Å². The maximum absolute atomic E-state index is 13.2. The number of pyridine rings is 2. The predicted molar refractivity (Wildman–Crippen MR) is 129 cm³/mol. The zero-order chi connectivity index (χ0) is 23.8. The molecular weight excluding hydrogens is 476 g/mol. The molecule has 1 amide bonds. The number of nitrogens with one attached hydrogen (secondary N) is 2. The number of ether oxygens (including phenoxy) is 1. The normalized spacial score (nSPS) is 12.8. The summed E-state index contributed by atoms with van der Waals surface area (Å²) in [6.07, 6.45) is 5.08. The van der Waals surface area contributed by atoms with Gasteiger partial charge in [-0.3, -0.25) is 19.9 Å². The lowest BCUT2D eigenvalue weighted by Gasteiger charge is -2.13. The molecule has 0 spiro atoms. The second kappa shape index (κ2) is 8.85. The SMILES string of the molecule is COc1cnc(Cl)cc1-c1cc(C)ncc1C(=O)Nc1nc2[nH]c(=O)c(C#CC3CC3)nc2s1. The molecule has 0 bridgehead atoms. The number of aromatic amines is 1. The van der Waals surface area contributed by atoms with E-state index in [2.05, 4.69) is 42.1 Å². The minimum atomic E-state index is -0.437. The van der Waals surface area contributed by atoms with Crippen LogP contribution in [0.1, 0.15) is 34.6 Å². The molecule has 1 aliphatic rings. The molecule has 4 aromatic heterocycles. The van der Waals surface area contributed by atoms with Crippen molar-refractivity contribution >= 4 is 44.5 Å². The minimum Gasteiger partial charge on any atom is -0.494 e. The molecule has 0 atom stereocenters. The van der Waals surface area contributed by atoms with Crippen LogP contribution in [0.3, 0.4) is 0 Å². The van der Waals surface area contributed by atoms with Gasteiger partial charge in [-0.15, -0.1) is 0 Å². The highest BCUT2D eigenvalue weighted by molar-refractivity contribution is 7.21. The van der Waals surface area contributed by atoms with E-state index in [1.165, 1.54) is 19.5 Å². The molecule has 2 N–H and O–H groups in total. The van der Waals surface area contributed by atoms with Gasteiger partial charge in [0, 0.05) is 28.9 Å². The lowest BCUT2D eigenvalue weighted by molar-refractivity contribution is 0.102. The average Bonchev–Trinajstić information content (AvgIpc) is 3.56. The predicted octanol–water partition coefficient (Wildman–Crippen LogP) is 3.82. The van der Waals surface area contributed by atoms with E-state index in [0.717, 1.165) is 24.2 Å². The van der Waals surface area contributed by atoms with Gasteiger partial charge in [0.15, 0.2) is 21.3 Å². The highest BCUT2D eigenvalue weighted by atomic mass is 35.5. The van der Waals surface area contributed by atoms with Crippen LogP contribution in [0.15, 0.2) is 29.3 Å². The summed E-state index contributed by atoms with van der Waals surface area (Å²) < 4.78 is 5.41. The second-order valence-corrected chi connectivity index (χ2v) is 9.03. The van der Waals surface area contributed by atoms with Gasteiger partial charge in [-0.25, -0.2) is 9.97 Å². The smallest absolute Gasteiger partial charge is 0.284 e. The largest absolute Gasteiger partial charge is 0.494 e. The summed E-state index contributed by atoms with van der Waals surface area (Å²) in [4.78, 5) is 45.5. The Morgan fingerprint density at radius 3 is 2.82 bits per heavy atom. The first kappa shape index (κ1) is 22.0. The van der Waals surface area contributed by atoms with Gasteiger partial charge < -0.3 is 9.72 Å². The number of nitrogens with zero attached hydrogens (tertiary/aromatic N) is 4. The van der Waals surface area contributed by atoms with Crippen molar-refractivity contribution in [3.8, 4) is 28.7 Å². The first-order valence-corrected chi connectivity index (χ1v) is 11.5. The molecule has 0 aromatic carbocycles. The molecule has 170 valence electrons. The standard InChI is InChI=1S/C23H17ClN6O3S/c1-11-7-13(14-8-18(24)26-10-17(14)33-2)15(9-25-11)20(31)30-23-29-19-22(34-23)27-16(21(32)28-19)6-5-12-3-4-12/h7-10,12H,3-4H2,1-2H3,(H2,28,29,30,31,32). The Kier molecular flexibility index (Phi) is 5.73. The number of hydrogen-bond donors (Lipinski definition) is 2. The summed E-state index contributed by atoms with van der Waals surface area (Å²) in [6, 6.07) is 3.40. The van der Waals surface area contributed by atoms with E-state index in [9.17, 15) is 9.59 Å². The lowest BCUT2D eigenvalue weighted by atomic mass is 10.0. The Morgan fingerprint density at radius 2 is 2.06 bits per heavy atom. The Hall–Kier alpha value is -3.81. The summed E-state index contributed by atoms with van der Waals surface area (Å²) in [5, 5.41) is 3.31. The molecule has 1 fully saturated rings. The summed E-state index contributed by atoms with van der Waals surface area (Å²) >= 11 is 7.24. The molecular formula is C23H17ClN6O3S. The Morgan fingerprint density at radius 1 is 1.24 bits per heavy atom. The summed E-state index contributed by atoms with van der Waals surface area (Å²) in [6.45, 7) is 1.82. The van der Waals surface area contributed by atoms with Crippen molar-refractivity contribution in [1.82, 2.24) is 24.9 Å². The highest BCUT2D eigenvalue weighted by Crippen LogP contribution is 2.34.